The van der Waals surface area contributed by atoms with Crippen molar-refractivity contribution in [3.8, 4) is 5.75 Å². The molecule has 0 amide bonds. The van der Waals surface area contributed by atoms with Gasteiger partial charge < -0.3 is 9.84 Å². The van der Waals surface area contributed by atoms with Gasteiger partial charge in [-0.05, 0) is 55.8 Å². The number of methoxy groups -OCH3 is 1. The normalized spacial score (nSPS) is 19.4. The Morgan fingerprint density at radius 2 is 2.29 bits per heavy atom. The molecule has 0 saturated carbocycles. The SMILES string of the molecule is COc1ccc(CN2CCCC(CCC(=O)O)C2)cc1C. The topological polar surface area (TPSA) is 49.8 Å². The van der Waals surface area contributed by atoms with Crippen molar-refractivity contribution in [2.24, 2.45) is 5.92 Å². The Bertz CT molecular complexity index is 487. The molecule has 0 spiro atoms. The second-order valence-electron chi connectivity index (χ2n) is 5.98. The molecule has 1 aromatic carbocycles. The molecular formula is C17H25NO3. The van der Waals surface area contributed by atoms with Crippen LogP contribution in [0.3, 0.4) is 0 Å². The highest BCUT2D eigenvalue weighted by Gasteiger charge is 2.20. The van der Waals surface area contributed by atoms with Gasteiger partial charge in [0.05, 0.1) is 7.11 Å². The Morgan fingerprint density at radius 1 is 1.48 bits per heavy atom. The minimum atomic E-state index is -0.682. The van der Waals surface area contributed by atoms with E-state index in [0.29, 0.717) is 12.3 Å². The molecule has 21 heavy (non-hydrogen) atoms. The average molecular weight is 291 g/mol. The van der Waals surface area contributed by atoms with Crippen LogP contribution in [0.4, 0.5) is 0 Å². The van der Waals surface area contributed by atoms with Crippen LogP contribution in [0.5, 0.6) is 5.75 Å². The fourth-order valence-corrected chi connectivity index (χ4v) is 3.16. The third-order valence-electron chi connectivity index (χ3n) is 4.24. The van der Waals surface area contributed by atoms with Gasteiger partial charge in [-0.15, -0.1) is 0 Å². The predicted octanol–water partition coefficient (Wildman–Crippen LogP) is 3.08. The van der Waals surface area contributed by atoms with E-state index in [1.54, 1.807) is 7.11 Å². The summed E-state index contributed by atoms with van der Waals surface area (Å²) in [7, 11) is 1.69. The van der Waals surface area contributed by atoms with Gasteiger partial charge in [0.2, 0.25) is 0 Å². The van der Waals surface area contributed by atoms with Crippen LogP contribution in [0.25, 0.3) is 0 Å². The average Bonchev–Trinajstić information content (AvgIpc) is 2.46. The van der Waals surface area contributed by atoms with Crippen molar-refractivity contribution in [2.75, 3.05) is 20.2 Å². The summed E-state index contributed by atoms with van der Waals surface area (Å²) < 4.78 is 5.29. The van der Waals surface area contributed by atoms with Crippen LogP contribution in [0.15, 0.2) is 18.2 Å². The van der Waals surface area contributed by atoms with E-state index in [2.05, 4.69) is 24.0 Å². The van der Waals surface area contributed by atoms with Gasteiger partial charge in [-0.3, -0.25) is 9.69 Å². The number of likely N-dealkylation sites (tertiary alicyclic amines) is 1. The second kappa shape index (κ2) is 7.46. The molecule has 1 unspecified atom stereocenters. The van der Waals surface area contributed by atoms with Gasteiger partial charge in [0.1, 0.15) is 5.75 Å². The van der Waals surface area contributed by atoms with Crippen LogP contribution >= 0.6 is 0 Å². The Labute approximate surface area is 126 Å². The summed E-state index contributed by atoms with van der Waals surface area (Å²) in [5, 5.41) is 8.80. The summed E-state index contributed by atoms with van der Waals surface area (Å²) in [5.41, 5.74) is 2.46. The lowest BCUT2D eigenvalue weighted by molar-refractivity contribution is -0.137. The summed E-state index contributed by atoms with van der Waals surface area (Å²) in [5.74, 6) is 0.767. The molecule has 4 nitrogen and oxygen atoms in total. The lowest BCUT2D eigenvalue weighted by atomic mass is 9.93. The Morgan fingerprint density at radius 3 is 2.95 bits per heavy atom. The number of aliphatic carboxylic acids is 1. The molecule has 0 bridgehead atoms. The van der Waals surface area contributed by atoms with E-state index in [9.17, 15) is 4.79 Å². The third kappa shape index (κ3) is 4.74. The highest BCUT2D eigenvalue weighted by Crippen LogP contribution is 2.24. The number of carbonyl (C=O) groups is 1. The van der Waals surface area contributed by atoms with Crippen LogP contribution in [0.2, 0.25) is 0 Å². The first-order valence-corrected chi connectivity index (χ1v) is 7.66. The van der Waals surface area contributed by atoms with Gasteiger partial charge in [-0.25, -0.2) is 0 Å². The van der Waals surface area contributed by atoms with E-state index < -0.39 is 5.97 Å². The number of piperidine rings is 1. The van der Waals surface area contributed by atoms with E-state index in [-0.39, 0.29) is 0 Å². The summed E-state index contributed by atoms with van der Waals surface area (Å²) >= 11 is 0. The van der Waals surface area contributed by atoms with E-state index in [4.69, 9.17) is 9.84 Å². The van der Waals surface area contributed by atoms with Gasteiger partial charge in [0.15, 0.2) is 0 Å². The van der Waals surface area contributed by atoms with Crippen molar-refractivity contribution in [3.05, 3.63) is 29.3 Å². The summed E-state index contributed by atoms with van der Waals surface area (Å²) in [4.78, 5) is 13.1. The number of rotatable bonds is 6. The molecular weight excluding hydrogens is 266 g/mol. The Kier molecular flexibility index (Phi) is 5.62. The summed E-state index contributed by atoms with van der Waals surface area (Å²) in [6.45, 7) is 5.12. The summed E-state index contributed by atoms with van der Waals surface area (Å²) in [6.07, 6.45) is 3.42. The van der Waals surface area contributed by atoms with Crippen molar-refractivity contribution in [3.63, 3.8) is 0 Å². The second-order valence-corrected chi connectivity index (χ2v) is 5.98. The zero-order valence-electron chi connectivity index (χ0n) is 13.0. The maximum atomic E-state index is 10.7. The fourth-order valence-electron chi connectivity index (χ4n) is 3.16. The number of carboxylic acids is 1. The standard InChI is InChI=1S/C17H25NO3/c1-13-10-15(5-7-16(13)21-2)12-18-9-3-4-14(11-18)6-8-17(19)20/h5,7,10,14H,3-4,6,8-9,11-12H2,1-2H3,(H,19,20). The van der Waals surface area contributed by atoms with Crippen molar-refractivity contribution in [1.82, 2.24) is 4.90 Å². The molecule has 0 aromatic heterocycles. The predicted molar refractivity (Wildman–Crippen MR) is 82.6 cm³/mol. The molecule has 4 heteroatoms. The number of aryl methyl sites for hydroxylation is 1. The molecule has 116 valence electrons. The van der Waals surface area contributed by atoms with Crippen molar-refractivity contribution in [2.45, 2.75) is 39.2 Å². The van der Waals surface area contributed by atoms with Gasteiger partial charge >= 0.3 is 5.97 Å². The summed E-state index contributed by atoms with van der Waals surface area (Å²) in [6, 6.07) is 6.32. The Hall–Kier alpha value is -1.55. The smallest absolute Gasteiger partial charge is 0.303 e. The quantitative estimate of drug-likeness (QED) is 0.875. The lowest BCUT2D eigenvalue weighted by Crippen LogP contribution is -2.35. The number of ether oxygens (including phenoxy) is 1. The van der Waals surface area contributed by atoms with Crippen molar-refractivity contribution in [1.29, 1.82) is 0 Å². The van der Waals surface area contributed by atoms with Crippen molar-refractivity contribution < 1.29 is 14.6 Å². The molecule has 1 N–H and O–H groups in total. The van der Waals surface area contributed by atoms with E-state index in [0.717, 1.165) is 43.8 Å². The number of nitrogens with zero attached hydrogens (tertiary/aromatic N) is 1. The maximum absolute atomic E-state index is 10.7. The molecule has 1 saturated heterocycles. The van der Waals surface area contributed by atoms with E-state index in [1.807, 2.05) is 6.07 Å². The zero-order chi connectivity index (χ0) is 15.2. The van der Waals surface area contributed by atoms with Crippen LogP contribution in [-0.4, -0.2) is 36.2 Å². The van der Waals surface area contributed by atoms with E-state index >= 15 is 0 Å². The Balaban J connectivity index is 1.90. The largest absolute Gasteiger partial charge is 0.496 e. The van der Waals surface area contributed by atoms with Crippen molar-refractivity contribution >= 4 is 5.97 Å². The number of hydrogen-bond donors (Lipinski definition) is 1. The van der Waals surface area contributed by atoms with Gasteiger partial charge in [0.25, 0.3) is 0 Å². The molecule has 1 atom stereocenters. The minimum absolute atomic E-state index is 0.292. The molecule has 0 radical (unpaired) electrons. The molecule has 1 fully saturated rings. The van der Waals surface area contributed by atoms with Crippen LogP contribution in [-0.2, 0) is 11.3 Å². The van der Waals surface area contributed by atoms with Crippen LogP contribution in [0, 0.1) is 12.8 Å². The molecule has 1 aromatic rings. The fraction of sp³-hybridized carbons (Fsp3) is 0.588. The van der Waals surface area contributed by atoms with Gasteiger partial charge in [0, 0.05) is 19.5 Å². The first-order valence-electron chi connectivity index (χ1n) is 7.66. The molecule has 1 heterocycles. The monoisotopic (exact) mass is 291 g/mol. The highest BCUT2D eigenvalue weighted by atomic mass is 16.5. The number of benzene rings is 1. The minimum Gasteiger partial charge on any atom is -0.496 e. The zero-order valence-corrected chi connectivity index (χ0v) is 13.0. The molecule has 0 aliphatic carbocycles. The third-order valence-corrected chi connectivity index (χ3v) is 4.24. The highest BCUT2D eigenvalue weighted by molar-refractivity contribution is 5.66. The first-order chi connectivity index (χ1) is 10.1. The molecule has 1 aliphatic rings. The molecule has 1 aliphatic heterocycles. The van der Waals surface area contributed by atoms with Crippen LogP contribution < -0.4 is 4.74 Å². The van der Waals surface area contributed by atoms with Gasteiger partial charge in [-0.1, -0.05) is 12.1 Å². The van der Waals surface area contributed by atoms with Gasteiger partial charge in [-0.2, -0.15) is 0 Å². The van der Waals surface area contributed by atoms with Crippen LogP contribution in [0.1, 0.15) is 36.8 Å². The lowest BCUT2D eigenvalue weighted by Gasteiger charge is -2.32. The van der Waals surface area contributed by atoms with E-state index in [1.165, 1.54) is 12.0 Å². The first kappa shape index (κ1) is 15.8. The maximum Gasteiger partial charge on any atom is 0.303 e. The number of carboxylic acid groups (broad SMARTS) is 1. The number of hydrogen-bond acceptors (Lipinski definition) is 3. The molecule has 2 rings (SSSR count).